The fraction of sp³-hybridized carbons (Fsp3) is 0.652. The molecule has 1 atom stereocenters. The van der Waals surface area contributed by atoms with Crippen LogP contribution in [0, 0.1) is 5.41 Å². The van der Waals surface area contributed by atoms with E-state index < -0.39 is 0 Å². The highest BCUT2D eigenvalue weighted by Crippen LogP contribution is 2.43. The fourth-order valence-electron chi connectivity index (χ4n) is 5.77. The Hall–Kier alpha value is -2.28. The zero-order chi connectivity index (χ0) is 20.7. The second-order valence-corrected chi connectivity index (χ2v) is 9.30. The van der Waals surface area contributed by atoms with Crippen LogP contribution in [0.3, 0.4) is 0 Å². The summed E-state index contributed by atoms with van der Waals surface area (Å²) in [6, 6.07) is 8.35. The zero-order valence-electron chi connectivity index (χ0n) is 17.5. The third kappa shape index (κ3) is 3.43. The summed E-state index contributed by atoms with van der Waals surface area (Å²) in [7, 11) is 0. The Kier molecular flexibility index (Phi) is 5.09. The standard InChI is InChI=1S/C23H31N3O4/c27-20-8-6-18(7-9-20)25-13-11-23(21(25)28)10-1-12-24(16-23)17-2-4-19(5-3-17)26-14-15-30-22(26)29/h2-5,18,20,27H,1,6-16H2/t18?,20?,23-/m1/s1. The Balaban J connectivity index is 1.28. The van der Waals surface area contributed by atoms with Crippen LogP contribution >= 0.6 is 0 Å². The first-order valence-corrected chi connectivity index (χ1v) is 11.3. The molecule has 4 fully saturated rings. The van der Waals surface area contributed by atoms with E-state index in [4.69, 9.17) is 4.74 Å². The molecule has 0 unspecified atom stereocenters. The van der Waals surface area contributed by atoms with E-state index in [1.165, 1.54) is 0 Å². The Morgan fingerprint density at radius 2 is 1.67 bits per heavy atom. The van der Waals surface area contributed by atoms with E-state index in [-0.39, 0.29) is 17.6 Å². The number of hydrogen-bond acceptors (Lipinski definition) is 5. The molecule has 0 radical (unpaired) electrons. The van der Waals surface area contributed by atoms with Crippen molar-refractivity contribution in [3.05, 3.63) is 24.3 Å². The van der Waals surface area contributed by atoms with Crippen molar-refractivity contribution < 1.29 is 19.4 Å². The zero-order valence-corrected chi connectivity index (χ0v) is 17.5. The number of carbonyl (C=O) groups excluding carboxylic acids is 2. The molecule has 1 aromatic rings. The number of ether oxygens (including phenoxy) is 1. The van der Waals surface area contributed by atoms with Gasteiger partial charge in [0, 0.05) is 37.1 Å². The molecule has 1 N–H and O–H groups in total. The van der Waals surface area contributed by atoms with Crippen molar-refractivity contribution in [2.75, 3.05) is 42.6 Å². The number of cyclic esters (lactones) is 1. The number of benzene rings is 1. The van der Waals surface area contributed by atoms with Crippen molar-refractivity contribution in [3.63, 3.8) is 0 Å². The Morgan fingerprint density at radius 1 is 0.933 bits per heavy atom. The van der Waals surface area contributed by atoms with Crippen LogP contribution in [0.4, 0.5) is 16.2 Å². The van der Waals surface area contributed by atoms with E-state index in [0.717, 1.165) is 76.0 Å². The highest BCUT2D eigenvalue weighted by molar-refractivity contribution is 5.89. The van der Waals surface area contributed by atoms with Gasteiger partial charge in [-0.3, -0.25) is 9.69 Å². The van der Waals surface area contributed by atoms with Crippen molar-refractivity contribution in [3.8, 4) is 0 Å². The van der Waals surface area contributed by atoms with Crippen molar-refractivity contribution in [2.24, 2.45) is 5.41 Å². The Morgan fingerprint density at radius 3 is 2.37 bits per heavy atom. The average Bonchev–Trinajstić information content (AvgIpc) is 3.33. The molecule has 0 aromatic heterocycles. The van der Waals surface area contributed by atoms with Crippen LogP contribution < -0.4 is 9.80 Å². The third-order valence-electron chi connectivity index (χ3n) is 7.52. The maximum atomic E-state index is 13.5. The molecule has 0 bridgehead atoms. The number of piperidine rings is 1. The number of carbonyl (C=O) groups is 2. The summed E-state index contributed by atoms with van der Waals surface area (Å²) in [4.78, 5) is 31.4. The van der Waals surface area contributed by atoms with Gasteiger partial charge in [-0.25, -0.2) is 4.79 Å². The summed E-state index contributed by atoms with van der Waals surface area (Å²) in [5.74, 6) is 0.324. The molecule has 4 aliphatic rings. The van der Waals surface area contributed by atoms with Gasteiger partial charge in [0.05, 0.1) is 18.1 Å². The average molecular weight is 414 g/mol. The number of anilines is 2. The van der Waals surface area contributed by atoms with Gasteiger partial charge in [-0.15, -0.1) is 0 Å². The van der Waals surface area contributed by atoms with Gasteiger partial charge in [0.15, 0.2) is 0 Å². The van der Waals surface area contributed by atoms with E-state index >= 15 is 0 Å². The number of hydrogen-bond donors (Lipinski definition) is 1. The minimum Gasteiger partial charge on any atom is -0.447 e. The molecular weight excluding hydrogens is 382 g/mol. The maximum Gasteiger partial charge on any atom is 0.414 e. The number of amides is 2. The number of aliphatic hydroxyl groups excluding tert-OH is 1. The lowest BCUT2D eigenvalue weighted by Gasteiger charge is -2.41. The summed E-state index contributed by atoms with van der Waals surface area (Å²) in [5.41, 5.74) is 1.69. The molecule has 1 aliphatic carbocycles. The fourth-order valence-corrected chi connectivity index (χ4v) is 5.77. The predicted molar refractivity (Wildman–Crippen MR) is 114 cm³/mol. The first kappa shape index (κ1) is 19.7. The van der Waals surface area contributed by atoms with Crippen molar-refractivity contribution in [1.29, 1.82) is 0 Å². The summed E-state index contributed by atoms with van der Waals surface area (Å²) in [5, 5.41) is 9.80. The largest absolute Gasteiger partial charge is 0.447 e. The van der Waals surface area contributed by atoms with Crippen molar-refractivity contribution in [1.82, 2.24) is 4.90 Å². The number of aliphatic hydroxyl groups is 1. The van der Waals surface area contributed by atoms with Crippen molar-refractivity contribution in [2.45, 2.75) is 57.1 Å². The molecule has 3 saturated heterocycles. The van der Waals surface area contributed by atoms with Crippen LogP contribution in [-0.4, -0.2) is 66.9 Å². The molecule has 1 spiro atoms. The third-order valence-corrected chi connectivity index (χ3v) is 7.52. The molecular formula is C23H31N3O4. The lowest BCUT2D eigenvalue weighted by Crippen LogP contribution is -2.50. The molecule has 162 valence electrons. The quantitative estimate of drug-likeness (QED) is 0.825. The second kappa shape index (κ2) is 7.76. The number of likely N-dealkylation sites (tertiary alicyclic amines) is 1. The topological polar surface area (TPSA) is 73.3 Å². The van der Waals surface area contributed by atoms with Crippen molar-refractivity contribution >= 4 is 23.4 Å². The monoisotopic (exact) mass is 413 g/mol. The van der Waals surface area contributed by atoms with Gasteiger partial charge in [0.25, 0.3) is 0 Å². The molecule has 3 aliphatic heterocycles. The molecule has 1 aromatic carbocycles. The van der Waals surface area contributed by atoms with E-state index in [9.17, 15) is 14.7 Å². The van der Waals surface area contributed by atoms with Crippen LogP contribution in [0.25, 0.3) is 0 Å². The number of nitrogens with zero attached hydrogens (tertiary/aromatic N) is 3. The highest BCUT2D eigenvalue weighted by Gasteiger charge is 2.50. The molecule has 7 heteroatoms. The lowest BCUT2D eigenvalue weighted by molar-refractivity contribution is -0.139. The summed E-state index contributed by atoms with van der Waals surface area (Å²) >= 11 is 0. The minimum atomic E-state index is -0.286. The summed E-state index contributed by atoms with van der Waals surface area (Å²) in [6.45, 7) is 3.60. The van der Waals surface area contributed by atoms with E-state index in [2.05, 4.69) is 21.9 Å². The molecule has 2 amide bonds. The van der Waals surface area contributed by atoms with Gasteiger partial charge in [0.1, 0.15) is 6.61 Å². The van der Waals surface area contributed by atoms with E-state index in [1.807, 2.05) is 12.1 Å². The van der Waals surface area contributed by atoms with Crippen LogP contribution in [0.15, 0.2) is 24.3 Å². The molecule has 7 nitrogen and oxygen atoms in total. The molecule has 3 heterocycles. The van der Waals surface area contributed by atoms with Gasteiger partial charge < -0.3 is 19.6 Å². The second-order valence-electron chi connectivity index (χ2n) is 9.30. The molecule has 30 heavy (non-hydrogen) atoms. The van der Waals surface area contributed by atoms with E-state index in [0.29, 0.717) is 25.1 Å². The first-order valence-electron chi connectivity index (χ1n) is 11.3. The van der Waals surface area contributed by atoms with Crippen LogP contribution in [-0.2, 0) is 9.53 Å². The van der Waals surface area contributed by atoms with Gasteiger partial charge in [-0.05, 0) is 69.2 Å². The lowest BCUT2D eigenvalue weighted by atomic mass is 9.78. The van der Waals surface area contributed by atoms with Gasteiger partial charge in [-0.1, -0.05) is 0 Å². The normalized spacial score (nSPS) is 32.2. The van der Waals surface area contributed by atoms with Gasteiger partial charge in [-0.2, -0.15) is 0 Å². The molecule has 1 saturated carbocycles. The number of rotatable bonds is 3. The summed E-state index contributed by atoms with van der Waals surface area (Å²) in [6.07, 6.45) is 5.90. The van der Waals surface area contributed by atoms with Gasteiger partial charge >= 0.3 is 6.09 Å². The first-order chi connectivity index (χ1) is 14.6. The van der Waals surface area contributed by atoms with E-state index in [1.54, 1.807) is 4.90 Å². The predicted octanol–water partition coefficient (Wildman–Crippen LogP) is 2.77. The SMILES string of the molecule is O=C1OCCN1c1ccc(N2CCC[C@@]3(CCN(C4CCC(O)CC4)C3=O)C2)cc1. The molecule has 5 rings (SSSR count). The smallest absolute Gasteiger partial charge is 0.414 e. The Bertz CT molecular complexity index is 805. The Labute approximate surface area is 177 Å². The van der Waals surface area contributed by atoms with Crippen LogP contribution in [0.5, 0.6) is 0 Å². The van der Waals surface area contributed by atoms with Crippen LogP contribution in [0.1, 0.15) is 44.9 Å². The summed E-state index contributed by atoms with van der Waals surface area (Å²) < 4.78 is 5.03. The van der Waals surface area contributed by atoms with Gasteiger partial charge in [0.2, 0.25) is 5.91 Å². The highest BCUT2D eigenvalue weighted by atomic mass is 16.6. The van der Waals surface area contributed by atoms with Crippen LogP contribution in [0.2, 0.25) is 0 Å². The minimum absolute atomic E-state index is 0.191. The maximum absolute atomic E-state index is 13.5.